The molecule has 0 aliphatic rings. The summed E-state index contributed by atoms with van der Waals surface area (Å²) in [6, 6.07) is 8.24. The molecule has 0 aliphatic heterocycles. The van der Waals surface area contributed by atoms with Crippen molar-refractivity contribution < 1.29 is 13.2 Å². The molecule has 0 aliphatic carbocycles. The van der Waals surface area contributed by atoms with Crippen LogP contribution in [0.15, 0.2) is 35.2 Å². The van der Waals surface area contributed by atoms with Crippen LogP contribution in [-0.4, -0.2) is 14.3 Å². The summed E-state index contributed by atoms with van der Waals surface area (Å²) in [5.74, 6) is -0.683. The van der Waals surface area contributed by atoms with Gasteiger partial charge in [0.25, 0.3) is 15.9 Å². The first kappa shape index (κ1) is 17.0. The zero-order valence-corrected chi connectivity index (χ0v) is 14.4. The van der Waals surface area contributed by atoms with Gasteiger partial charge < -0.3 is 5.73 Å². The topological polar surface area (TPSA) is 89.3 Å². The average Bonchev–Trinajstić information content (AvgIpc) is 2.45. The molecule has 6 heteroatoms. The minimum absolute atomic E-state index is 0.135. The molecule has 2 aromatic carbocycles. The number of rotatable bonds is 4. The first-order valence-corrected chi connectivity index (χ1v) is 8.62. The van der Waals surface area contributed by atoms with Crippen molar-refractivity contribution >= 4 is 21.6 Å². The molecule has 3 N–H and O–H groups in total. The highest BCUT2D eigenvalue weighted by molar-refractivity contribution is 7.92. The van der Waals surface area contributed by atoms with Crippen molar-refractivity contribution in [1.29, 1.82) is 0 Å². The van der Waals surface area contributed by atoms with Crippen molar-refractivity contribution in [2.45, 2.75) is 32.6 Å². The molecule has 0 radical (unpaired) electrons. The van der Waals surface area contributed by atoms with Crippen molar-refractivity contribution in [2.75, 3.05) is 4.72 Å². The number of nitrogens with two attached hydrogens (primary N) is 1. The standard InChI is InChI=1S/C17H20N2O3S/c1-10-9-11(2)13(4)16(12(10)3)23(21,22)19-15-8-6-5-7-14(15)17(18)20/h5-9,19H,1-4H3,(H2,18,20). The summed E-state index contributed by atoms with van der Waals surface area (Å²) >= 11 is 0. The van der Waals surface area contributed by atoms with Crippen LogP contribution < -0.4 is 10.5 Å². The third kappa shape index (κ3) is 3.22. The number of para-hydroxylation sites is 1. The van der Waals surface area contributed by atoms with Gasteiger partial charge in [-0.1, -0.05) is 18.2 Å². The molecule has 1 amide bonds. The van der Waals surface area contributed by atoms with Crippen LogP contribution in [0.2, 0.25) is 0 Å². The van der Waals surface area contributed by atoms with Gasteiger partial charge in [-0.25, -0.2) is 8.42 Å². The van der Waals surface area contributed by atoms with E-state index in [0.717, 1.165) is 11.1 Å². The summed E-state index contributed by atoms with van der Waals surface area (Å²) in [7, 11) is -3.83. The average molecular weight is 332 g/mol. The molecule has 0 fully saturated rings. The van der Waals surface area contributed by atoms with E-state index in [0.29, 0.717) is 11.1 Å². The van der Waals surface area contributed by atoms with E-state index >= 15 is 0 Å². The maximum atomic E-state index is 12.9. The molecule has 5 nitrogen and oxygen atoms in total. The third-order valence-electron chi connectivity index (χ3n) is 4.00. The summed E-state index contributed by atoms with van der Waals surface area (Å²) in [6.45, 7) is 7.29. The molecule has 0 bridgehead atoms. The van der Waals surface area contributed by atoms with Crippen LogP contribution in [-0.2, 0) is 10.0 Å². The number of amides is 1. The molecular formula is C17H20N2O3S. The van der Waals surface area contributed by atoms with Gasteiger partial charge in [0.1, 0.15) is 0 Å². The van der Waals surface area contributed by atoms with Crippen LogP contribution in [0.25, 0.3) is 0 Å². The minimum Gasteiger partial charge on any atom is -0.366 e. The molecule has 2 aromatic rings. The van der Waals surface area contributed by atoms with E-state index in [9.17, 15) is 13.2 Å². The molecule has 0 saturated heterocycles. The Morgan fingerprint density at radius 3 is 2.04 bits per heavy atom. The molecule has 0 unspecified atom stereocenters. The lowest BCUT2D eigenvalue weighted by atomic mass is 10.0. The smallest absolute Gasteiger partial charge is 0.262 e. The molecule has 0 saturated carbocycles. The highest BCUT2D eigenvalue weighted by Gasteiger charge is 2.23. The predicted molar refractivity (Wildman–Crippen MR) is 91.2 cm³/mol. The molecule has 0 atom stereocenters. The SMILES string of the molecule is Cc1cc(C)c(C)c(S(=O)(=O)Nc2ccccc2C(N)=O)c1C. The summed E-state index contributed by atoms with van der Waals surface area (Å²) in [5.41, 5.74) is 8.80. The number of sulfonamides is 1. The number of carbonyl (C=O) groups is 1. The fourth-order valence-corrected chi connectivity index (χ4v) is 4.26. The van der Waals surface area contributed by atoms with Crippen molar-refractivity contribution in [3.63, 3.8) is 0 Å². The summed E-state index contributed by atoms with van der Waals surface area (Å²) in [4.78, 5) is 11.7. The normalized spacial score (nSPS) is 11.3. The number of aryl methyl sites for hydroxylation is 2. The molecule has 0 spiro atoms. The number of nitrogens with one attached hydrogen (secondary N) is 1. The molecule has 0 heterocycles. The van der Waals surface area contributed by atoms with E-state index in [2.05, 4.69) is 4.72 Å². The van der Waals surface area contributed by atoms with Gasteiger partial charge in [0.05, 0.1) is 16.1 Å². The van der Waals surface area contributed by atoms with E-state index in [1.165, 1.54) is 12.1 Å². The van der Waals surface area contributed by atoms with E-state index in [-0.39, 0.29) is 16.1 Å². The van der Waals surface area contributed by atoms with Gasteiger partial charge in [0.15, 0.2) is 0 Å². The summed E-state index contributed by atoms with van der Waals surface area (Å²) in [5, 5.41) is 0. The first-order chi connectivity index (χ1) is 10.6. The lowest BCUT2D eigenvalue weighted by molar-refractivity contribution is 0.100. The number of hydrogen-bond acceptors (Lipinski definition) is 3. The Morgan fingerprint density at radius 1 is 1.00 bits per heavy atom. The molecule has 2 rings (SSSR count). The summed E-state index contributed by atoms with van der Waals surface area (Å²) in [6.07, 6.45) is 0. The molecule has 0 aromatic heterocycles. The van der Waals surface area contributed by atoms with Gasteiger partial charge in [-0.05, 0) is 62.1 Å². The Balaban J connectivity index is 2.60. The van der Waals surface area contributed by atoms with Gasteiger partial charge in [0, 0.05) is 0 Å². The zero-order chi connectivity index (χ0) is 17.4. The lowest BCUT2D eigenvalue weighted by Crippen LogP contribution is -2.20. The fraction of sp³-hybridized carbons (Fsp3) is 0.235. The van der Waals surface area contributed by atoms with Gasteiger partial charge >= 0.3 is 0 Å². The van der Waals surface area contributed by atoms with Crippen molar-refractivity contribution in [2.24, 2.45) is 5.73 Å². The van der Waals surface area contributed by atoms with Crippen LogP contribution in [0.1, 0.15) is 32.6 Å². The van der Waals surface area contributed by atoms with E-state index < -0.39 is 15.9 Å². The van der Waals surface area contributed by atoms with Crippen molar-refractivity contribution in [1.82, 2.24) is 0 Å². The minimum atomic E-state index is -3.83. The maximum Gasteiger partial charge on any atom is 0.262 e. The maximum absolute atomic E-state index is 12.9. The van der Waals surface area contributed by atoms with Crippen molar-refractivity contribution in [3.05, 3.63) is 58.1 Å². The van der Waals surface area contributed by atoms with Gasteiger partial charge in [0.2, 0.25) is 0 Å². The largest absolute Gasteiger partial charge is 0.366 e. The second kappa shape index (κ2) is 6.04. The Labute approximate surface area is 136 Å². The lowest BCUT2D eigenvalue weighted by Gasteiger charge is -2.17. The van der Waals surface area contributed by atoms with Crippen LogP contribution >= 0.6 is 0 Å². The monoisotopic (exact) mass is 332 g/mol. The molecular weight excluding hydrogens is 312 g/mol. The summed E-state index contributed by atoms with van der Waals surface area (Å²) < 4.78 is 28.2. The predicted octanol–water partition coefficient (Wildman–Crippen LogP) is 2.82. The molecule has 23 heavy (non-hydrogen) atoms. The quantitative estimate of drug-likeness (QED) is 0.902. The number of primary amides is 1. The van der Waals surface area contributed by atoms with E-state index in [4.69, 9.17) is 5.73 Å². The van der Waals surface area contributed by atoms with Crippen LogP contribution in [0.4, 0.5) is 5.69 Å². The van der Waals surface area contributed by atoms with E-state index in [1.54, 1.807) is 26.0 Å². The van der Waals surface area contributed by atoms with Crippen LogP contribution in [0.5, 0.6) is 0 Å². The highest BCUT2D eigenvalue weighted by Crippen LogP contribution is 2.28. The Bertz CT molecular complexity index is 861. The van der Waals surface area contributed by atoms with Gasteiger partial charge in [-0.2, -0.15) is 0 Å². The second-order valence-electron chi connectivity index (χ2n) is 5.60. The van der Waals surface area contributed by atoms with Gasteiger partial charge in [-0.15, -0.1) is 0 Å². The fourth-order valence-electron chi connectivity index (χ4n) is 2.57. The highest BCUT2D eigenvalue weighted by atomic mass is 32.2. The van der Waals surface area contributed by atoms with Crippen LogP contribution in [0, 0.1) is 27.7 Å². The number of anilines is 1. The first-order valence-electron chi connectivity index (χ1n) is 7.14. The van der Waals surface area contributed by atoms with Gasteiger partial charge in [-0.3, -0.25) is 9.52 Å². The van der Waals surface area contributed by atoms with Crippen molar-refractivity contribution in [3.8, 4) is 0 Å². The second-order valence-corrected chi connectivity index (χ2v) is 7.22. The zero-order valence-electron chi connectivity index (χ0n) is 13.6. The van der Waals surface area contributed by atoms with E-state index in [1.807, 2.05) is 19.9 Å². The molecule has 122 valence electrons. The third-order valence-corrected chi connectivity index (χ3v) is 5.64. The van der Waals surface area contributed by atoms with Crippen LogP contribution in [0.3, 0.4) is 0 Å². The Kier molecular flexibility index (Phi) is 4.47. The number of carbonyl (C=O) groups excluding carboxylic acids is 1. The Hall–Kier alpha value is -2.34. The Morgan fingerprint density at radius 2 is 1.52 bits per heavy atom. The number of benzene rings is 2. The number of hydrogen-bond donors (Lipinski definition) is 2.